The zero-order chi connectivity index (χ0) is 19.5. The second-order valence-electron chi connectivity index (χ2n) is 5.98. The number of hydrogen-bond acceptors (Lipinski definition) is 4. The quantitative estimate of drug-likeness (QED) is 0.390. The maximum atomic E-state index is 13.1. The average molecular weight is 407 g/mol. The molecule has 1 fully saturated rings. The smallest absolute Gasteiger partial charge is 0.270 e. The van der Waals surface area contributed by atoms with Gasteiger partial charge in [-0.05, 0) is 60.2 Å². The second kappa shape index (κ2) is 7.96. The molecule has 3 aromatic carbocycles. The Hall–Kier alpha value is -2.96. The van der Waals surface area contributed by atoms with Crippen LogP contribution >= 0.6 is 24.0 Å². The lowest BCUT2D eigenvalue weighted by Crippen LogP contribution is -2.27. The SMILES string of the molecule is O=C1/C(=C/c2ccc(F)cc2)SC(=S)N1c1ccc(Oc2ccccc2)cc1. The molecule has 0 saturated carbocycles. The number of anilines is 1. The molecule has 0 unspecified atom stereocenters. The third kappa shape index (κ3) is 3.98. The minimum absolute atomic E-state index is 0.198. The maximum absolute atomic E-state index is 13.1. The summed E-state index contributed by atoms with van der Waals surface area (Å²) in [5, 5.41) is 0. The van der Waals surface area contributed by atoms with E-state index < -0.39 is 0 Å². The molecule has 0 atom stereocenters. The van der Waals surface area contributed by atoms with Gasteiger partial charge in [-0.25, -0.2) is 4.39 Å². The highest BCUT2D eigenvalue weighted by atomic mass is 32.2. The molecular formula is C22H14FNO2S2. The average Bonchev–Trinajstić information content (AvgIpc) is 2.98. The Morgan fingerprint density at radius 3 is 2.21 bits per heavy atom. The van der Waals surface area contributed by atoms with Crippen molar-refractivity contribution in [2.75, 3.05) is 4.90 Å². The summed E-state index contributed by atoms with van der Waals surface area (Å²) in [6, 6.07) is 22.6. The zero-order valence-electron chi connectivity index (χ0n) is 14.5. The molecule has 0 spiro atoms. The molecule has 1 saturated heterocycles. The van der Waals surface area contributed by atoms with Gasteiger partial charge in [0.2, 0.25) is 0 Å². The minimum atomic E-state index is -0.317. The molecule has 0 aliphatic carbocycles. The van der Waals surface area contributed by atoms with Crippen LogP contribution in [0.2, 0.25) is 0 Å². The van der Waals surface area contributed by atoms with Crippen LogP contribution in [-0.2, 0) is 4.79 Å². The maximum Gasteiger partial charge on any atom is 0.270 e. The van der Waals surface area contributed by atoms with E-state index in [-0.39, 0.29) is 11.7 Å². The van der Waals surface area contributed by atoms with Gasteiger partial charge in [-0.3, -0.25) is 9.69 Å². The summed E-state index contributed by atoms with van der Waals surface area (Å²) < 4.78 is 19.3. The standard InChI is InChI=1S/C22H14FNO2S2/c23-16-8-6-15(7-9-16)14-20-21(25)24(22(27)28-20)17-10-12-19(13-11-17)26-18-4-2-1-3-5-18/h1-14H/b20-14-. The lowest BCUT2D eigenvalue weighted by atomic mass is 10.2. The van der Waals surface area contributed by atoms with Gasteiger partial charge in [-0.1, -0.05) is 54.3 Å². The normalized spacial score (nSPS) is 15.3. The number of halogens is 1. The third-order valence-electron chi connectivity index (χ3n) is 4.04. The monoisotopic (exact) mass is 407 g/mol. The Labute approximate surface area is 171 Å². The van der Waals surface area contributed by atoms with Crippen LogP contribution in [0.5, 0.6) is 11.5 Å². The van der Waals surface area contributed by atoms with E-state index in [2.05, 4.69) is 0 Å². The van der Waals surface area contributed by atoms with E-state index in [1.54, 1.807) is 42.5 Å². The van der Waals surface area contributed by atoms with Crippen molar-refractivity contribution in [3.05, 3.63) is 95.1 Å². The largest absolute Gasteiger partial charge is 0.457 e. The number of carbonyl (C=O) groups excluding carboxylic acids is 1. The minimum Gasteiger partial charge on any atom is -0.457 e. The predicted molar refractivity (Wildman–Crippen MR) is 115 cm³/mol. The van der Waals surface area contributed by atoms with E-state index in [9.17, 15) is 9.18 Å². The molecular weight excluding hydrogens is 393 g/mol. The molecule has 28 heavy (non-hydrogen) atoms. The fourth-order valence-corrected chi connectivity index (χ4v) is 3.99. The van der Waals surface area contributed by atoms with Crippen LogP contribution in [0.1, 0.15) is 5.56 Å². The van der Waals surface area contributed by atoms with Crippen LogP contribution in [0.3, 0.4) is 0 Å². The van der Waals surface area contributed by atoms with Gasteiger partial charge < -0.3 is 4.74 Å². The molecule has 1 aliphatic heterocycles. The zero-order valence-corrected chi connectivity index (χ0v) is 16.2. The van der Waals surface area contributed by atoms with Crippen molar-refractivity contribution in [3.63, 3.8) is 0 Å². The van der Waals surface area contributed by atoms with Gasteiger partial charge in [0.15, 0.2) is 4.32 Å². The number of para-hydroxylation sites is 1. The molecule has 1 aliphatic rings. The highest BCUT2D eigenvalue weighted by Gasteiger charge is 2.33. The fourth-order valence-electron chi connectivity index (χ4n) is 2.69. The summed E-state index contributed by atoms with van der Waals surface area (Å²) in [5.74, 6) is 0.893. The number of thiocarbonyl (C=S) groups is 1. The molecule has 0 bridgehead atoms. The van der Waals surface area contributed by atoms with E-state index in [0.29, 0.717) is 20.7 Å². The molecule has 1 amide bonds. The van der Waals surface area contributed by atoms with Crippen LogP contribution in [0.15, 0.2) is 83.8 Å². The summed E-state index contributed by atoms with van der Waals surface area (Å²) in [6.45, 7) is 0. The summed E-state index contributed by atoms with van der Waals surface area (Å²) in [7, 11) is 0. The fraction of sp³-hybridized carbons (Fsp3) is 0. The lowest BCUT2D eigenvalue weighted by molar-refractivity contribution is -0.113. The van der Waals surface area contributed by atoms with E-state index in [4.69, 9.17) is 17.0 Å². The highest BCUT2D eigenvalue weighted by molar-refractivity contribution is 8.27. The van der Waals surface area contributed by atoms with Gasteiger partial charge in [-0.2, -0.15) is 0 Å². The van der Waals surface area contributed by atoms with Gasteiger partial charge >= 0.3 is 0 Å². The molecule has 0 aromatic heterocycles. The van der Waals surface area contributed by atoms with Crippen molar-refractivity contribution in [1.29, 1.82) is 0 Å². The number of ether oxygens (including phenoxy) is 1. The summed E-state index contributed by atoms with van der Waals surface area (Å²) in [4.78, 5) is 14.8. The first kappa shape index (κ1) is 18.4. The first-order chi connectivity index (χ1) is 13.6. The van der Waals surface area contributed by atoms with E-state index in [1.165, 1.54) is 28.8 Å². The first-order valence-corrected chi connectivity index (χ1v) is 9.69. The van der Waals surface area contributed by atoms with Crippen molar-refractivity contribution in [2.24, 2.45) is 0 Å². The Balaban J connectivity index is 1.53. The van der Waals surface area contributed by atoms with Gasteiger partial charge in [0, 0.05) is 0 Å². The topological polar surface area (TPSA) is 29.5 Å². The molecule has 3 nitrogen and oxygen atoms in total. The first-order valence-electron chi connectivity index (χ1n) is 8.47. The number of thioether (sulfide) groups is 1. The number of amides is 1. The molecule has 0 radical (unpaired) electrons. The van der Waals surface area contributed by atoms with Crippen LogP contribution < -0.4 is 9.64 Å². The van der Waals surface area contributed by atoms with Crippen molar-refractivity contribution in [2.45, 2.75) is 0 Å². The molecule has 0 N–H and O–H groups in total. The summed E-state index contributed by atoms with van der Waals surface area (Å²) in [6.07, 6.45) is 1.71. The number of benzene rings is 3. The van der Waals surface area contributed by atoms with Gasteiger partial charge in [0.05, 0.1) is 10.6 Å². The Morgan fingerprint density at radius 2 is 1.54 bits per heavy atom. The van der Waals surface area contributed by atoms with E-state index in [1.807, 2.05) is 30.3 Å². The van der Waals surface area contributed by atoms with Crippen LogP contribution in [0.25, 0.3) is 6.08 Å². The number of carbonyl (C=O) groups is 1. The van der Waals surface area contributed by atoms with Crippen molar-refractivity contribution in [3.8, 4) is 11.5 Å². The van der Waals surface area contributed by atoms with Crippen molar-refractivity contribution >= 4 is 46.0 Å². The predicted octanol–water partition coefficient (Wildman–Crippen LogP) is 6.02. The molecule has 4 rings (SSSR count). The molecule has 1 heterocycles. The van der Waals surface area contributed by atoms with E-state index in [0.717, 1.165) is 11.3 Å². The van der Waals surface area contributed by atoms with Crippen LogP contribution in [0, 0.1) is 5.82 Å². The van der Waals surface area contributed by atoms with E-state index >= 15 is 0 Å². The molecule has 138 valence electrons. The van der Waals surface area contributed by atoms with Gasteiger partial charge in [0.25, 0.3) is 5.91 Å². The van der Waals surface area contributed by atoms with Crippen LogP contribution in [-0.4, -0.2) is 10.2 Å². The summed E-state index contributed by atoms with van der Waals surface area (Å²) >= 11 is 6.61. The number of nitrogens with zero attached hydrogens (tertiary/aromatic N) is 1. The molecule has 3 aromatic rings. The van der Waals surface area contributed by atoms with Crippen LogP contribution in [0.4, 0.5) is 10.1 Å². The summed E-state index contributed by atoms with van der Waals surface area (Å²) in [5.41, 5.74) is 1.42. The lowest BCUT2D eigenvalue weighted by Gasteiger charge is -2.15. The highest BCUT2D eigenvalue weighted by Crippen LogP contribution is 2.36. The Bertz CT molecular complexity index is 1050. The van der Waals surface area contributed by atoms with Crippen molar-refractivity contribution < 1.29 is 13.9 Å². The molecule has 6 heteroatoms. The van der Waals surface area contributed by atoms with Gasteiger partial charge in [0.1, 0.15) is 17.3 Å². The number of hydrogen-bond donors (Lipinski definition) is 0. The number of rotatable bonds is 4. The van der Waals surface area contributed by atoms with Crippen molar-refractivity contribution in [1.82, 2.24) is 0 Å². The Morgan fingerprint density at radius 1 is 0.893 bits per heavy atom. The van der Waals surface area contributed by atoms with Gasteiger partial charge in [-0.15, -0.1) is 0 Å². The third-order valence-corrected chi connectivity index (χ3v) is 5.34. The Kier molecular flexibility index (Phi) is 5.23. The second-order valence-corrected chi connectivity index (χ2v) is 7.65.